The number of hydrogen-bond acceptors (Lipinski definition) is 4. The van der Waals surface area contributed by atoms with Gasteiger partial charge in [-0.2, -0.15) is 0 Å². The van der Waals surface area contributed by atoms with E-state index >= 15 is 0 Å². The zero-order valence-electron chi connectivity index (χ0n) is 29.7. The van der Waals surface area contributed by atoms with Crippen molar-refractivity contribution in [3.8, 4) is 0 Å². The molecule has 0 atom stereocenters. The number of carbonyl (C=O) groups excluding carboxylic acids is 3. The highest BCUT2D eigenvalue weighted by Crippen LogP contribution is 2.55. The third-order valence-electron chi connectivity index (χ3n) is 10.6. The molecule has 3 N–H and O–H groups in total. The van der Waals surface area contributed by atoms with Crippen LogP contribution in [0.25, 0.3) is 0 Å². The molecule has 0 unspecified atom stereocenters. The molecule has 266 valence electrons. The molecule has 0 bridgehead atoms. The summed E-state index contributed by atoms with van der Waals surface area (Å²) in [5.41, 5.74) is 2.58. The Morgan fingerprint density at radius 2 is 1.18 bits per heavy atom. The van der Waals surface area contributed by atoms with Gasteiger partial charge in [-0.3, -0.25) is 9.80 Å². The molecule has 0 spiro atoms. The minimum Gasteiger partial charge on any atom is -0.445 e. The van der Waals surface area contributed by atoms with E-state index < -0.39 is 23.5 Å². The van der Waals surface area contributed by atoms with Gasteiger partial charge in [0.05, 0.1) is 6.04 Å². The monoisotopic (exact) mass is 679 g/mol. The molecule has 5 amide bonds. The molecule has 9 nitrogen and oxygen atoms in total. The number of nitrogens with zero attached hydrogens (tertiary/aromatic N) is 2. The number of benzene rings is 3. The van der Waals surface area contributed by atoms with E-state index in [2.05, 4.69) is 66.2 Å². The largest absolute Gasteiger partial charge is 0.445 e. The van der Waals surface area contributed by atoms with Gasteiger partial charge >= 0.3 is 18.2 Å². The van der Waals surface area contributed by atoms with Crippen molar-refractivity contribution in [2.24, 2.45) is 0 Å². The summed E-state index contributed by atoms with van der Waals surface area (Å²) in [6.07, 6.45) is 13.5. The van der Waals surface area contributed by atoms with E-state index in [0.717, 1.165) is 42.4 Å². The summed E-state index contributed by atoms with van der Waals surface area (Å²) >= 11 is 0. The van der Waals surface area contributed by atoms with Gasteiger partial charge in [-0.1, -0.05) is 144 Å². The van der Waals surface area contributed by atoms with E-state index in [4.69, 9.17) is 4.74 Å². The van der Waals surface area contributed by atoms with Crippen LogP contribution in [-0.4, -0.2) is 47.1 Å². The molecular weight excluding hydrogens is 626 g/mol. The number of carbonyl (C=O) groups is 3. The number of nitrogens with one attached hydrogen (secondary N) is 3. The molecule has 50 heavy (non-hydrogen) atoms. The highest BCUT2D eigenvalue weighted by molar-refractivity contribution is 5.90. The molecule has 3 saturated heterocycles. The van der Waals surface area contributed by atoms with Gasteiger partial charge in [0.15, 0.2) is 11.3 Å². The summed E-state index contributed by atoms with van der Waals surface area (Å²) in [6, 6.07) is 25.1. The lowest BCUT2D eigenvalue weighted by atomic mass is 9.79. The summed E-state index contributed by atoms with van der Waals surface area (Å²) in [6.45, 7) is 4.99. The first kappa shape index (κ1) is 35.3. The maximum absolute atomic E-state index is 14.1. The molecule has 3 aromatic rings. The van der Waals surface area contributed by atoms with Crippen molar-refractivity contribution in [2.45, 2.75) is 115 Å². The van der Waals surface area contributed by atoms with Crippen LogP contribution in [0.2, 0.25) is 0 Å². The second-order valence-corrected chi connectivity index (χ2v) is 14.1. The van der Waals surface area contributed by atoms with Crippen LogP contribution in [0.5, 0.6) is 0 Å². The van der Waals surface area contributed by atoms with E-state index in [-0.39, 0.29) is 31.8 Å². The number of aryl methyl sites for hydroxylation is 2. The van der Waals surface area contributed by atoms with Crippen LogP contribution in [0.4, 0.5) is 14.4 Å². The van der Waals surface area contributed by atoms with Gasteiger partial charge in [0.25, 0.3) is 0 Å². The van der Waals surface area contributed by atoms with E-state index in [1.165, 1.54) is 62.5 Å². The lowest BCUT2D eigenvalue weighted by Crippen LogP contribution is -2.69. The minimum absolute atomic E-state index is 0.126. The highest BCUT2D eigenvalue weighted by Gasteiger charge is 2.75. The predicted molar refractivity (Wildman–Crippen MR) is 195 cm³/mol. The molecule has 3 aliphatic rings. The smallest absolute Gasteiger partial charge is 0.407 e. The molecule has 6 rings (SSSR count). The Hall–Kier alpha value is -4.53. The zero-order chi connectivity index (χ0) is 35.0. The van der Waals surface area contributed by atoms with Gasteiger partial charge in [0.2, 0.25) is 0 Å². The number of hydrogen-bond donors (Lipinski definition) is 3. The molecule has 3 fully saturated rings. The maximum Gasteiger partial charge on any atom is 0.407 e. The standard InChI is InChI=1S/C41H53N5O4/c1-3-5-7-9-12-16-31-20-24-34(25-21-31)40-41(35-26-22-32(23-27-35)17-13-10-8-6-4-2)45(37(47)43-40)28-36(29-46(41)38(48)44-40)42-39(49)50-30-33-18-14-11-15-19-33/h11,14-15,18-27,36H,3-10,12-13,16-17,28-30H2,1-2H3,(H,42,49)(H,43,47)(H,44,48). The van der Waals surface area contributed by atoms with Gasteiger partial charge in [-0.05, 0) is 42.4 Å². The highest BCUT2D eigenvalue weighted by atomic mass is 16.5. The topological polar surface area (TPSA) is 103 Å². The molecule has 0 aromatic heterocycles. The number of amides is 5. The first-order valence-electron chi connectivity index (χ1n) is 18.8. The van der Waals surface area contributed by atoms with E-state index in [9.17, 15) is 14.4 Å². The van der Waals surface area contributed by atoms with Crippen molar-refractivity contribution >= 4 is 18.2 Å². The van der Waals surface area contributed by atoms with Crippen LogP contribution in [-0.2, 0) is 35.5 Å². The Morgan fingerprint density at radius 1 is 0.680 bits per heavy atom. The van der Waals surface area contributed by atoms with Crippen LogP contribution in [0, 0.1) is 0 Å². The Kier molecular flexibility index (Phi) is 11.3. The SMILES string of the molecule is CCCCCCCc1ccc(C23NC(=O)N4CC(NC(=O)OCc5ccccc5)CN(C(=O)N2)C43c2ccc(CCCCCCC)cc2)cc1. The first-order valence-corrected chi connectivity index (χ1v) is 18.8. The van der Waals surface area contributed by atoms with Gasteiger partial charge in [-0.15, -0.1) is 0 Å². The predicted octanol–water partition coefficient (Wildman–Crippen LogP) is 8.08. The zero-order valence-corrected chi connectivity index (χ0v) is 29.7. The molecule has 3 heterocycles. The average Bonchev–Trinajstić information content (AvgIpc) is 3.54. The van der Waals surface area contributed by atoms with Crippen LogP contribution >= 0.6 is 0 Å². The first-order chi connectivity index (χ1) is 24.4. The molecular formula is C41H53N5O4. The number of urea groups is 2. The Bertz CT molecular complexity index is 1570. The third-order valence-corrected chi connectivity index (χ3v) is 10.6. The number of rotatable bonds is 17. The van der Waals surface area contributed by atoms with E-state index in [1.54, 1.807) is 9.80 Å². The van der Waals surface area contributed by atoms with Crippen molar-refractivity contribution < 1.29 is 19.1 Å². The quantitative estimate of drug-likeness (QED) is 0.126. The minimum atomic E-state index is -1.23. The summed E-state index contributed by atoms with van der Waals surface area (Å²) in [4.78, 5) is 44.6. The normalized spacial score (nSPS) is 22.2. The van der Waals surface area contributed by atoms with Crippen LogP contribution < -0.4 is 16.0 Å². The molecule has 0 saturated carbocycles. The maximum atomic E-state index is 14.1. The van der Waals surface area contributed by atoms with E-state index in [1.807, 2.05) is 42.5 Å². The second-order valence-electron chi connectivity index (χ2n) is 14.1. The second kappa shape index (κ2) is 16.0. The van der Waals surface area contributed by atoms with Crippen molar-refractivity contribution in [2.75, 3.05) is 13.1 Å². The Labute approximate surface area is 297 Å². The Morgan fingerprint density at radius 3 is 1.70 bits per heavy atom. The van der Waals surface area contributed by atoms with Crippen molar-refractivity contribution in [1.29, 1.82) is 0 Å². The molecule has 0 aliphatic carbocycles. The summed E-state index contributed by atoms with van der Waals surface area (Å²) in [7, 11) is 0. The van der Waals surface area contributed by atoms with Crippen molar-refractivity contribution in [3.63, 3.8) is 0 Å². The molecule has 3 aromatic carbocycles. The van der Waals surface area contributed by atoms with Crippen molar-refractivity contribution in [3.05, 3.63) is 107 Å². The van der Waals surface area contributed by atoms with Gasteiger partial charge in [0.1, 0.15) is 6.61 Å². The summed E-state index contributed by atoms with van der Waals surface area (Å²) < 4.78 is 5.51. The number of alkyl carbamates (subject to hydrolysis) is 1. The van der Waals surface area contributed by atoms with Gasteiger partial charge < -0.3 is 20.7 Å². The summed E-state index contributed by atoms with van der Waals surface area (Å²) in [5, 5.41) is 9.39. The number of ether oxygens (including phenoxy) is 1. The third kappa shape index (κ3) is 7.05. The fraction of sp³-hybridized carbons (Fsp3) is 0.488. The average molecular weight is 680 g/mol. The van der Waals surface area contributed by atoms with Crippen LogP contribution in [0.15, 0.2) is 78.9 Å². The molecule has 0 radical (unpaired) electrons. The fourth-order valence-electron chi connectivity index (χ4n) is 8.02. The van der Waals surface area contributed by atoms with Gasteiger partial charge in [-0.25, -0.2) is 14.4 Å². The van der Waals surface area contributed by atoms with Crippen molar-refractivity contribution in [1.82, 2.24) is 25.8 Å². The molecule has 9 heteroatoms. The van der Waals surface area contributed by atoms with Crippen LogP contribution in [0.3, 0.4) is 0 Å². The molecule has 3 aliphatic heterocycles. The van der Waals surface area contributed by atoms with Gasteiger partial charge in [0, 0.05) is 24.2 Å². The number of unbranched alkanes of at least 4 members (excludes halogenated alkanes) is 8. The van der Waals surface area contributed by atoms with E-state index in [0.29, 0.717) is 0 Å². The Balaban J connectivity index is 1.27. The lowest BCUT2D eigenvalue weighted by molar-refractivity contribution is -0.0507. The lowest BCUT2D eigenvalue weighted by Gasteiger charge is -2.51. The summed E-state index contributed by atoms with van der Waals surface area (Å²) in [5.74, 6) is 0. The van der Waals surface area contributed by atoms with Crippen LogP contribution in [0.1, 0.15) is 106 Å². The fourth-order valence-corrected chi connectivity index (χ4v) is 8.02.